The highest BCUT2D eigenvalue weighted by molar-refractivity contribution is 7.88. The standard InChI is InChI=1S/C19H24F4N6O3S2/c1-34(31,32)29-7-5-10(6-8-29)25-17-24-9-11(20)14(27-17)15-16(19(21,22)23)28-18(33-15)26-12-3-2-4-13(12)30/h9-10,12-13,30H,2-8H2,1H3,(H,26,28)(H,24,25,27)/t12-,13-/m0/s1. The minimum absolute atomic E-state index is 0.0588. The van der Waals surface area contributed by atoms with Crippen molar-refractivity contribution in [1.29, 1.82) is 0 Å². The van der Waals surface area contributed by atoms with Gasteiger partial charge in [0, 0.05) is 19.1 Å². The van der Waals surface area contributed by atoms with Gasteiger partial charge < -0.3 is 15.7 Å². The predicted molar refractivity (Wildman–Crippen MR) is 118 cm³/mol. The van der Waals surface area contributed by atoms with Gasteiger partial charge in [-0.25, -0.2) is 32.1 Å². The molecule has 15 heteroatoms. The number of aliphatic hydroxyl groups is 1. The maximum absolute atomic E-state index is 14.6. The largest absolute Gasteiger partial charge is 0.434 e. The van der Waals surface area contributed by atoms with E-state index < -0.39 is 50.4 Å². The number of sulfonamides is 1. The smallest absolute Gasteiger partial charge is 0.391 e. The molecule has 0 spiro atoms. The molecule has 0 aromatic carbocycles. The van der Waals surface area contributed by atoms with Crippen molar-refractivity contribution in [3.05, 3.63) is 17.7 Å². The van der Waals surface area contributed by atoms with Crippen LogP contribution in [-0.4, -0.2) is 70.3 Å². The van der Waals surface area contributed by atoms with Gasteiger partial charge in [-0.2, -0.15) is 13.2 Å². The zero-order valence-corrected chi connectivity index (χ0v) is 19.8. The Hall–Kier alpha value is -2.10. The average molecular weight is 525 g/mol. The molecular formula is C19H24F4N6O3S2. The van der Waals surface area contributed by atoms with E-state index in [1.165, 1.54) is 4.31 Å². The van der Waals surface area contributed by atoms with Gasteiger partial charge in [0.2, 0.25) is 16.0 Å². The number of thiazole rings is 1. The van der Waals surface area contributed by atoms with Crippen molar-refractivity contribution in [3.63, 3.8) is 0 Å². The monoisotopic (exact) mass is 524 g/mol. The van der Waals surface area contributed by atoms with Crippen molar-refractivity contribution in [1.82, 2.24) is 19.3 Å². The number of alkyl halides is 3. The Labute approximate surface area is 197 Å². The lowest BCUT2D eigenvalue weighted by Crippen LogP contribution is -2.42. The summed E-state index contributed by atoms with van der Waals surface area (Å²) in [7, 11) is -3.31. The van der Waals surface area contributed by atoms with Crippen LogP contribution < -0.4 is 10.6 Å². The summed E-state index contributed by atoms with van der Waals surface area (Å²) >= 11 is 0.616. The number of aliphatic hydroxyl groups excluding tert-OH is 1. The first kappa shape index (κ1) is 25.0. The van der Waals surface area contributed by atoms with Crippen LogP contribution in [0.1, 0.15) is 37.8 Å². The van der Waals surface area contributed by atoms with Crippen LogP contribution in [0.3, 0.4) is 0 Å². The molecule has 34 heavy (non-hydrogen) atoms. The van der Waals surface area contributed by atoms with Gasteiger partial charge in [-0.15, -0.1) is 0 Å². The Morgan fingerprint density at radius 3 is 2.44 bits per heavy atom. The van der Waals surface area contributed by atoms with Crippen LogP contribution in [0.5, 0.6) is 0 Å². The molecule has 0 radical (unpaired) electrons. The molecule has 1 saturated carbocycles. The minimum Gasteiger partial charge on any atom is -0.391 e. The maximum atomic E-state index is 14.6. The quantitative estimate of drug-likeness (QED) is 0.494. The molecule has 2 fully saturated rings. The van der Waals surface area contributed by atoms with Crippen LogP contribution in [-0.2, 0) is 16.2 Å². The summed E-state index contributed by atoms with van der Waals surface area (Å²) in [5.74, 6) is -1.09. The second-order valence-electron chi connectivity index (χ2n) is 8.41. The third-order valence-electron chi connectivity index (χ3n) is 5.90. The minimum atomic E-state index is -4.84. The topological polar surface area (TPSA) is 120 Å². The molecule has 1 saturated heterocycles. The number of halogens is 4. The molecule has 2 aliphatic rings. The summed E-state index contributed by atoms with van der Waals surface area (Å²) in [5.41, 5.74) is -1.80. The van der Waals surface area contributed by atoms with Gasteiger partial charge in [0.25, 0.3) is 0 Å². The SMILES string of the molecule is CS(=O)(=O)N1CCC(Nc2ncc(F)c(-c3sc(N[C@H]4CCC[C@@H]4O)nc3C(F)(F)F)n2)CC1. The van der Waals surface area contributed by atoms with Gasteiger partial charge in [-0.1, -0.05) is 11.3 Å². The molecule has 2 atom stereocenters. The Morgan fingerprint density at radius 2 is 1.85 bits per heavy atom. The molecule has 0 unspecified atom stereocenters. The first-order chi connectivity index (χ1) is 15.9. The first-order valence-corrected chi connectivity index (χ1v) is 13.4. The van der Waals surface area contributed by atoms with Crippen LogP contribution in [0.15, 0.2) is 6.20 Å². The fraction of sp³-hybridized carbons (Fsp3) is 0.632. The number of aromatic nitrogens is 3. The third-order valence-corrected chi connectivity index (χ3v) is 8.20. The van der Waals surface area contributed by atoms with E-state index in [1.807, 2.05) is 0 Å². The highest BCUT2D eigenvalue weighted by atomic mass is 32.2. The molecule has 1 aliphatic carbocycles. The van der Waals surface area contributed by atoms with Crippen LogP contribution in [0, 0.1) is 5.82 Å². The van der Waals surface area contributed by atoms with Gasteiger partial charge in [-0.3, -0.25) is 0 Å². The third kappa shape index (κ3) is 5.58. The molecule has 1 aliphatic heterocycles. The van der Waals surface area contributed by atoms with Crippen molar-refractivity contribution >= 4 is 32.4 Å². The Balaban J connectivity index is 1.57. The van der Waals surface area contributed by atoms with Crippen molar-refractivity contribution in [3.8, 4) is 10.6 Å². The Bertz CT molecular complexity index is 1140. The van der Waals surface area contributed by atoms with Crippen molar-refractivity contribution in [2.75, 3.05) is 30.0 Å². The molecule has 4 rings (SSSR count). The lowest BCUT2D eigenvalue weighted by Gasteiger charge is -2.30. The van der Waals surface area contributed by atoms with Gasteiger partial charge in [0.05, 0.1) is 29.5 Å². The van der Waals surface area contributed by atoms with Crippen molar-refractivity contribution in [2.24, 2.45) is 0 Å². The van der Waals surface area contributed by atoms with Crippen LogP contribution in [0.4, 0.5) is 28.6 Å². The molecule has 0 bridgehead atoms. The predicted octanol–water partition coefficient (Wildman–Crippen LogP) is 2.92. The summed E-state index contributed by atoms with van der Waals surface area (Å²) in [6, 6.07) is -0.647. The zero-order chi connectivity index (χ0) is 24.7. The summed E-state index contributed by atoms with van der Waals surface area (Å²) in [5, 5.41) is 15.7. The van der Waals surface area contributed by atoms with E-state index in [0.29, 0.717) is 37.0 Å². The van der Waals surface area contributed by atoms with Crippen LogP contribution >= 0.6 is 11.3 Å². The van der Waals surface area contributed by atoms with E-state index in [-0.39, 0.29) is 30.2 Å². The van der Waals surface area contributed by atoms with Gasteiger partial charge in [0.1, 0.15) is 5.69 Å². The number of hydrogen-bond donors (Lipinski definition) is 3. The molecular weight excluding hydrogens is 500 g/mol. The average Bonchev–Trinajstić information content (AvgIpc) is 3.36. The molecule has 2 aromatic rings. The van der Waals surface area contributed by atoms with E-state index in [2.05, 4.69) is 25.6 Å². The van der Waals surface area contributed by atoms with Crippen LogP contribution in [0.2, 0.25) is 0 Å². The first-order valence-electron chi connectivity index (χ1n) is 10.7. The summed E-state index contributed by atoms with van der Waals surface area (Å²) < 4.78 is 80.4. The fourth-order valence-electron chi connectivity index (χ4n) is 4.11. The summed E-state index contributed by atoms with van der Waals surface area (Å²) in [6.45, 7) is 0.555. The van der Waals surface area contributed by atoms with E-state index >= 15 is 0 Å². The maximum Gasteiger partial charge on any atom is 0.434 e. The van der Waals surface area contributed by atoms with Gasteiger partial charge in [0.15, 0.2) is 16.6 Å². The summed E-state index contributed by atoms with van der Waals surface area (Å²) in [6.07, 6.45) is -0.867. The number of hydrogen-bond acceptors (Lipinski definition) is 9. The zero-order valence-electron chi connectivity index (χ0n) is 18.1. The number of nitrogens with one attached hydrogen (secondary N) is 2. The van der Waals surface area contributed by atoms with E-state index in [4.69, 9.17) is 0 Å². The van der Waals surface area contributed by atoms with Crippen molar-refractivity contribution < 1.29 is 31.1 Å². The second-order valence-corrected chi connectivity index (χ2v) is 11.4. The fourth-order valence-corrected chi connectivity index (χ4v) is 6.02. The molecule has 3 heterocycles. The number of piperidine rings is 1. The van der Waals surface area contributed by atoms with Gasteiger partial charge in [-0.05, 0) is 32.1 Å². The van der Waals surface area contributed by atoms with Gasteiger partial charge >= 0.3 is 6.18 Å². The number of nitrogens with zero attached hydrogens (tertiary/aromatic N) is 4. The van der Waals surface area contributed by atoms with E-state index in [1.54, 1.807) is 0 Å². The highest BCUT2D eigenvalue weighted by Crippen LogP contribution is 2.43. The van der Waals surface area contributed by atoms with Crippen LogP contribution in [0.25, 0.3) is 10.6 Å². The molecule has 3 N–H and O–H groups in total. The Morgan fingerprint density at radius 1 is 1.15 bits per heavy atom. The molecule has 9 nitrogen and oxygen atoms in total. The molecule has 0 amide bonds. The Kier molecular flexibility index (Phi) is 6.99. The number of anilines is 2. The van der Waals surface area contributed by atoms with Crippen molar-refractivity contribution in [2.45, 2.75) is 56.5 Å². The summed E-state index contributed by atoms with van der Waals surface area (Å²) in [4.78, 5) is 11.0. The molecule has 188 valence electrons. The highest BCUT2D eigenvalue weighted by Gasteiger charge is 2.40. The lowest BCUT2D eigenvalue weighted by atomic mass is 10.1. The van der Waals surface area contributed by atoms with E-state index in [0.717, 1.165) is 18.9 Å². The van der Waals surface area contributed by atoms with E-state index in [9.17, 15) is 31.1 Å². The normalized spacial score (nSPS) is 22.8. The number of rotatable bonds is 6. The lowest BCUT2D eigenvalue weighted by molar-refractivity contribution is -0.140. The molecule has 2 aromatic heterocycles. The second kappa shape index (κ2) is 9.51.